The Morgan fingerprint density at radius 1 is 1.28 bits per heavy atom. The zero-order chi connectivity index (χ0) is 22.5. The summed E-state index contributed by atoms with van der Waals surface area (Å²) in [5, 5.41) is 10.8. The Bertz CT molecular complexity index is 1000. The molecule has 1 saturated heterocycles. The van der Waals surface area contributed by atoms with Gasteiger partial charge in [0.2, 0.25) is 12.3 Å². The van der Waals surface area contributed by atoms with Crippen LogP contribution in [0.3, 0.4) is 0 Å². The van der Waals surface area contributed by atoms with E-state index in [4.69, 9.17) is 10.1 Å². The van der Waals surface area contributed by atoms with Gasteiger partial charge in [0.25, 0.3) is 0 Å². The van der Waals surface area contributed by atoms with E-state index in [1.54, 1.807) is 4.52 Å². The molecule has 3 atom stereocenters. The van der Waals surface area contributed by atoms with Crippen molar-refractivity contribution in [1.29, 1.82) is 0 Å². The summed E-state index contributed by atoms with van der Waals surface area (Å²) in [6.45, 7) is 3.80. The van der Waals surface area contributed by atoms with Crippen LogP contribution in [0.2, 0.25) is 0 Å². The summed E-state index contributed by atoms with van der Waals surface area (Å²) in [5.41, 5.74) is 1.32. The quantitative estimate of drug-likeness (QED) is 0.582. The number of imidazole rings is 1. The van der Waals surface area contributed by atoms with E-state index in [-0.39, 0.29) is 31.3 Å². The zero-order valence-corrected chi connectivity index (χ0v) is 18.4. The van der Waals surface area contributed by atoms with Crippen LogP contribution in [-0.2, 0) is 11.2 Å². The van der Waals surface area contributed by atoms with Crippen LogP contribution >= 0.6 is 0 Å². The van der Waals surface area contributed by atoms with Gasteiger partial charge in [0.15, 0.2) is 5.65 Å². The Morgan fingerprint density at radius 3 is 2.59 bits per heavy atom. The Balaban J connectivity index is 1.41. The zero-order valence-electron chi connectivity index (χ0n) is 18.4. The summed E-state index contributed by atoms with van der Waals surface area (Å²) in [4.78, 5) is 17.5. The minimum atomic E-state index is -2.48. The number of nitrogens with zero attached hydrogens (tertiary/aromatic N) is 3. The lowest BCUT2D eigenvalue weighted by molar-refractivity contribution is -0.133. The molecule has 2 N–H and O–H groups in total. The summed E-state index contributed by atoms with van der Waals surface area (Å²) in [5.74, 6) is 1.05. The number of rotatable bonds is 9. The Kier molecular flexibility index (Phi) is 5.51. The summed E-state index contributed by atoms with van der Waals surface area (Å²) in [7, 11) is 2.00. The highest BCUT2D eigenvalue weighted by molar-refractivity contribution is 5.85. The van der Waals surface area contributed by atoms with Crippen LogP contribution in [0.25, 0.3) is 5.65 Å². The number of piperidine rings is 1. The van der Waals surface area contributed by atoms with E-state index in [2.05, 4.69) is 17.2 Å². The highest BCUT2D eigenvalue weighted by Gasteiger charge is 2.46. The van der Waals surface area contributed by atoms with E-state index in [1.807, 2.05) is 25.4 Å². The molecule has 172 valence electrons. The fourth-order valence-electron chi connectivity index (χ4n) is 5.55. The molecular weight excluding hydrogens is 412 g/mol. The van der Waals surface area contributed by atoms with Gasteiger partial charge in [-0.25, -0.2) is 18.3 Å². The maximum Gasteiger partial charge on any atom is 0.243 e. The third-order valence-corrected chi connectivity index (χ3v) is 7.59. The summed E-state index contributed by atoms with van der Waals surface area (Å²) < 4.78 is 28.5. The third kappa shape index (κ3) is 3.93. The van der Waals surface area contributed by atoms with Crippen molar-refractivity contribution in [3.63, 3.8) is 0 Å². The third-order valence-electron chi connectivity index (χ3n) is 7.59. The van der Waals surface area contributed by atoms with Crippen molar-refractivity contribution in [3.8, 4) is 0 Å². The van der Waals surface area contributed by atoms with Crippen LogP contribution in [0.5, 0.6) is 0 Å². The molecule has 3 heterocycles. The van der Waals surface area contributed by atoms with Gasteiger partial charge in [0.1, 0.15) is 0 Å². The molecule has 1 amide bonds. The lowest BCUT2D eigenvalue weighted by Gasteiger charge is -2.37. The van der Waals surface area contributed by atoms with Crippen molar-refractivity contribution in [1.82, 2.24) is 25.2 Å². The number of fused-ring (bicyclic) bond motifs is 1. The number of carbonyl (C=O) groups excluding carboxylic acids is 1. The number of hydrogen-bond donors (Lipinski definition) is 2. The first kappa shape index (κ1) is 21.5. The van der Waals surface area contributed by atoms with Gasteiger partial charge in [0.05, 0.1) is 29.0 Å². The molecule has 1 aliphatic heterocycles. The highest BCUT2D eigenvalue weighted by atomic mass is 19.3. The molecule has 0 bridgehead atoms. The number of amides is 1. The largest absolute Gasteiger partial charge is 0.355 e. The predicted octanol–water partition coefficient (Wildman–Crippen LogP) is 3.54. The van der Waals surface area contributed by atoms with E-state index in [0.29, 0.717) is 11.6 Å². The predicted molar refractivity (Wildman–Crippen MR) is 117 cm³/mol. The second-order valence-electron chi connectivity index (χ2n) is 9.86. The number of hydrogen-bond acceptors (Lipinski definition) is 4. The summed E-state index contributed by atoms with van der Waals surface area (Å²) in [6.07, 6.45) is 6.53. The standard InChI is InChI=1S/C24H31F2N5O/c1-3-24(10-16(22(25)26)12-28-23(24)32)11-17-8-9-19-29-18(13-31(19)30-17)21(27-2)20(14-4-5-14)15-6-7-15/h3,8-9,13-16,20-22,27H,1,4-7,10-12H2,2H3,(H,28,32). The molecule has 3 fully saturated rings. The second-order valence-corrected chi connectivity index (χ2v) is 9.86. The maximum atomic E-state index is 13.4. The molecule has 5 rings (SSSR count). The minimum absolute atomic E-state index is 0.00199. The van der Waals surface area contributed by atoms with E-state index in [9.17, 15) is 13.6 Å². The van der Waals surface area contributed by atoms with Crippen molar-refractivity contribution in [2.75, 3.05) is 13.6 Å². The average Bonchev–Trinajstić information content (AvgIpc) is 3.71. The molecule has 32 heavy (non-hydrogen) atoms. The second kappa shape index (κ2) is 8.21. The molecule has 0 aromatic carbocycles. The molecule has 2 aromatic heterocycles. The Labute approximate surface area is 186 Å². The van der Waals surface area contributed by atoms with Gasteiger partial charge in [0, 0.05) is 18.9 Å². The lowest BCUT2D eigenvalue weighted by Crippen LogP contribution is -2.51. The molecule has 2 aliphatic carbocycles. The normalized spacial score (nSPS) is 27.2. The first-order valence-electron chi connectivity index (χ1n) is 11.7. The molecule has 2 saturated carbocycles. The lowest BCUT2D eigenvalue weighted by atomic mass is 9.72. The number of alkyl halides is 2. The molecule has 6 nitrogen and oxygen atoms in total. The molecule has 0 radical (unpaired) electrons. The van der Waals surface area contributed by atoms with Crippen LogP contribution in [0, 0.1) is 29.1 Å². The van der Waals surface area contributed by atoms with Gasteiger partial charge < -0.3 is 10.6 Å². The number of halogens is 2. The van der Waals surface area contributed by atoms with Crippen LogP contribution in [-0.4, -0.2) is 40.5 Å². The highest BCUT2D eigenvalue weighted by Crippen LogP contribution is 2.53. The first-order valence-corrected chi connectivity index (χ1v) is 11.7. The monoisotopic (exact) mass is 443 g/mol. The summed E-state index contributed by atoms with van der Waals surface area (Å²) >= 11 is 0. The van der Waals surface area contributed by atoms with E-state index >= 15 is 0 Å². The van der Waals surface area contributed by atoms with Crippen molar-refractivity contribution in [2.45, 2.75) is 51.0 Å². The molecule has 2 aromatic rings. The smallest absolute Gasteiger partial charge is 0.243 e. The molecule has 8 heteroatoms. The van der Waals surface area contributed by atoms with Crippen molar-refractivity contribution in [2.24, 2.45) is 29.1 Å². The Hall–Kier alpha value is -2.35. The van der Waals surface area contributed by atoms with Crippen LogP contribution in [0.4, 0.5) is 8.78 Å². The minimum Gasteiger partial charge on any atom is -0.355 e. The Morgan fingerprint density at radius 2 is 2.00 bits per heavy atom. The fourth-order valence-corrected chi connectivity index (χ4v) is 5.55. The number of carbonyl (C=O) groups is 1. The fraction of sp³-hybridized carbons (Fsp3) is 0.625. The molecule has 3 aliphatic rings. The van der Waals surface area contributed by atoms with Crippen molar-refractivity contribution < 1.29 is 13.6 Å². The topological polar surface area (TPSA) is 71.3 Å². The molecular formula is C24H31F2N5O. The molecule has 3 unspecified atom stereocenters. The van der Waals surface area contributed by atoms with Crippen LogP contribution in [0.15, 0.2) is 31.0 Å². The van der Waals surface area contributed by atoms with Crippen LogP contribution < -0.4 is 10.6 Å². The average molecular weight is 444 g/mol. The van der Waals surface area contributed by atoms with E-state index < -0.39 is 17.8 Å². The SMILES string of the molecule is C=CC1(Cc2ccc3nc(C(NC)C(C4CC4)C4CC4)cn3n2)CC(C(F)F)CNC1=O. The van der Waals surface area contributed by atoms with E-state index in [0.717, 1.165) is 23.2 Å². The van der Waals surface area contributed by atoms with Gasteiger partial charge in [-0.3, -0.25) is 4.79 Å². The number of aromatic nitrogens is 3. The van der Waals surface area contributed by atoms with E-state index in [1.165, 1.54) is 31.8 Å². The van der Waals surface area contributed by atoms with Gasteiger partial charge >= 0.3 is 0 Å². The van der Waals surface area contributed by atoms with Crippen molar-refractivity contribution >= 4 is 11.6 Å². The summed E-state index contributed by atoms with van der Waals surface area (Å²) in [6, 6.07) is 3.93. The van der Waals surface area contributed by atoms with Gasteiger partial charge in [-0.1, -0.05) is 6.08 Å². The van der Waals surface area contributed by atoms with Gasteiger partial charge in [-0.15, -0.1) is 6.58 Å². The van der Waals surface area contributed by atoms with Gasteiger partial charge in [-0.2, -0.15) is 5.10 Å². The first-order chi connectivity index (χ1) is 15.4. The maximum absolute atomic E-state index is 13.4. The van der Waals surface area contributed by atoms with Crippen LogP contribution in [0.1, 0.15) is 49.5 Å². The van der Waals surface area contributed by atoms with Gasteiger partial charge in [-0.05, 0) is 69.0 Å². The molecule has 0 spiro atoms. The van der Waals surface area contributed by atoms with Crippen molar-refractivity contribution in [3.05, 3.63) is 42.4 Å². The number of nitrogens with one attached hydrogen (secondary N) is 2.